The van der Waals surface area contributed by atoms with Crippen molar-refractivity contribution < 1.29 is 39.8 Å². The average Bonchev–Trinajstić information content (AvgIpc) is 3.16. The largest absolute Gasteiger partial charge is 0.500 e. The van der Waals surface area contributed by atoms with Gasteiger partial charge in [0.05, 0.1) is 0 Å². The van der Waals surface area contributed by atoms with E-state index < -0.39 is 26.4 Å². The third-order valence-corrected chi connectivity index (χ3v) is 17.7. The van der Waals surface area contributed by atoms with E-state index >= 15 is 0 Å². The predicted molar refractivity (Wildman–Crippen MR) is 201 cm³/mol. The molecule has 0 aliphatic carbocycles. The van der Waals surface area contributed by atoms with Crippen molar-refractivity contribution in [3.05, 3.63) is 89.5 Å². The van der Waals surface area contributed by atoms with Crippen LogP contribution in [0.15, 0.2) is 72.8 Å². The van der Waals surface area contributed by atoms with Gasteiger partial charge in [0.15, 0.2) is 0 Å². The summed E-state index contributed by atoms with van der Waals surface area (Å²) in [4.78, 5) is 2.30. The molecular weight excluding hydrogens is 675 g/mol. The summed E-state index contributed by atoms with van der Waals surface area (Å²) in [5, 5.41) is 0. The van der Waals surface area contributed by atoms with E-state index in [9.17, 15) is 0 Å². The average molecular weight is 732 g/mol. The van der Waals surface area contributed by atoms with Gasteiger partial charge in [-0.25, -0.2) is 0 Å². The molecule has 0 saturated heterocycles. The first-order valence-electron chi connectivity index (χ1n) is 16.8. The monoisotopic (exact) mass is 731 g/mol. The van der Waals surface area contributed by atoms with E-state index in [0.717, 1.165) is 73.7 Å². The molecule has 3 aromatic carbocycles. The highest BCUT2D eigenvalue weighted by atomic mass is 28.4. The first-order valence-corrected chi connectivity index (χ1v) is 22.6. The molecule has 3 rings (SSSR count). The van der Waals surface area contributed by atoms with E-state index in [2.05, 4.69) is 77.7 Å². The Labute approximate surface area is 297 Å². The second-order valence-electron chi connectivity index (χ2n) is 11.8. The molecule has 0 bridgehead atoms. The number of anilines is 3. The van der Waals surface area contributed by atoms with E-state index in [1.54, 1.807) is 64.0 Å². The van der Waals surface area contributed by atoms with Crippen molar-refractivity contribution in [1.82, 2.24) is 0 Å². The summed E-state index contributed by atoms with van der Waals surface area (Å²) in [5.74, 6) is 0. The predicted octanol–water partition coefficient (Wildman–Crippen LogP) is 7.59. The van der Waals surface area contributed by atoms with Crippen LogP contribution in [0.3, 0.4) is 0 Å². The Morgan fingerprint density at radius 1 is 0.347 bits per heavy atom. The SMILES string of the molecule is CO[Si](CCCc1ccc(N(c2ccc(CCC[Si](OC)(OC)OC)cc2)c2ccc(CCC[Si](OC)(OC)OC)cc2)cc1)(OC)OC. The minimum absolute atomic E-state index is 0.764. The van der Waals surface area contributed by atoms with E-state index in [0.29, 0.717) is 0 Å². The molecule has 0 amide bonds. The van der Waals surface area contributed by atoms with Gasteiger partial charge in [0, 0.05) is 99.2 Å². The fourth-order valence-electron chi connectivity index (χ4n) is 6.08. The number of hydrogen-bond acceptors (Lipinski definition) is 10. The van der Waals surface area contributed by atoms with Gasteiger partial charge in [-0.15, -0.1) is 0 Å². The van der Waals surface area contributed by atoms with Crippen LogP contribution in [-0.4, -0.2) is 90.4 Å². The quantitative estimate of drug-likeness (QED) is 0.0860. The number of nitrogens with zero attached hydrogens (tertiary/aromatic N) is 1. The first kappa shape index (κ1) is 41.2. The van der Waals surface area contributed by atoms with Crippen LogP contribution in [0, 0.1) is 0 Å². The zero-order valence-corrected chi connectivity index (χ0v) is 33.9. The summed E-state index contributed by atoms with van der Waals surface area (Å²) >= 11 is 0. The van der Waals surface area contributed by atoms with E-state index in [1.807, 2.05) is 0 Å². The molecule has 0 atom stereocenters. The molecular formula is C36H57NO9Si3. The maximum Gasteiger partial charge on any atom is 0.500 e. The first-order chi connectivity index (χ1) is 23.7. The summed E-state index contributed by atoms with van der Waals surface area (Å²) in [6.45, 7) is 0. The minimum Gasteiger partial charge on any atom is -0.377 e. The molecule has 0 aliphatic rings. The lowest BCUT2D eigenvalue weighted by atomic mass is 10.1. The van der Waals surface area contributed by atoms with E-state index in [4.69, 9.17) is 39.8 Å². The fourth-order valence-corrected chi connectivity index (χ4v) is 11.2. The summed E-state index contributed by atoms with van der Waals surface area (Å²) in [5.41, 5.74) is 7.03. The lowest BCUT2D eigenvalue weighted by Crippen LogP contribution is -2.42. The van der Waals surface area contributed by atoms with Crippen LogP contribution >= 0.6 is 0 Å². The molecule has 0 aromatic heterocycles. The van der Waals surface area contributed by atoms with Crippen LogP contribution in [0.1, 0.15) is 36.0 Å². The molecule has 0 radical (unpaired) electrons. The summed E-state index contributed by atoms with van der Waals surface area (Å²) in [7, 11) is 7.18. The zero-order chi connectivity index (χ0) is 35.8. The van der Waals surface area contributed by atoms with Crippen LogP contribution < -0.4 is 4.90 Å². The molecule has 49 heavy (non-hydrogen) atoms. The zero-order valence-electron chi connectivity index (χ0n) is 30.9. The number of aryl methyl sites for hydroxylation is 3. The summed E-state index contributed by atoms with van der Waals surface area (Å²) in [6, 6.07) is 28.7. The lowest BCUT2D eigenvalue weighted by molar-refractivity contribution is 0.122. The molecule has 0 fully saturated rings. The summed E-state index contributed by atoms with van der Waals surface area (Å²) in [6.07, 6.45) is 5.48. The Bertz CT molecular complexity index is 1150. The normalized spacial score (nSPS) is 12.4. The van der Waals surface area contributed by atoms with Gasteiger partial charge in [-0.1, -0.05) is 36.4 Å². The van der Waals surface area contributed by atoms with Gasteiger partial charge in [0.2, 0.25) is 0 Å². The van der Waals surface area contributed by atoms with Gasteiger partial charge in [0.25, 0.3) is 0 Å². The smallest absolute Gasteiger partial charge is 0.377 e. The van der Waals surface area contributed by atoms with Crippen LogP contribution in [-0.2, 0) is 59.1 Å². The highest BCUT2D eigenvalue weighted by Crippen LogP contribution is 2.35. The second-order valence-corrected chi connectivity index (χ2v) is 21.1. The maximum atomic E-state index is 5.60. The Morgan fingerprint density at radius 2 is 0.551 bits per heavy atom. The van der Waals surface area contributed by atoms with Crippen molar-refractivity contribution >= 4 is 43.5 Å². The Hall–Kier alpha value is -2.25. The van der Waals surface area contributed by atoms with Crippen molar-refractivity contribution in [3.8, 4) is 0 Å². The number of benzene rings is 3. The third kappa shape index (κ3) is 11.4. The maximum absolute atomic E-state index is 5.60. The lowest BCUT2D eigenvalue weighted by Gasteiger charge is -2.27. The molecule has 13 heteroatoms. The van der Waals surface area contributed by atoms with Crippen LogP contribution in [0.4, 0.5) is 17.1 Å². The van der Waals surface area contributed by atoms with E-state index in [1.165, 1.54) is 16.7 Å². The summed E-state index contributed by atoms with van der Waals surface area (Å²) < 4.78 is 50.4. The van der Waals surface area contributed by atoms with Crippen molar-refractivity contribution in [1.29, 1.82) is 0 Å². The molecule has 0 aliphatic heterocycles. The Kier molecular flexibility index (Phi) is 17.3. The van der Waals surface area contributed by atoms with E-state index in [-0.39, 0.29) is 0 Å². The van der Waals surface area contributed by atoms with Gasteiger partial charge in [-0.3, -0.25) is 0 Å². The van der Waals surface area contributed by atoms with Gasteiger partial charge in [-0.05, 0) is 91.6 Å². The topological polar surface area (TPSA) is 86.3 Å². The molecule has 0 heterocycles. The van der Waals surface area contributed by atoms with Crippen LogP contribution in [0.2, 0.25) is 18.1 Å². The highest BCUT2D eigenvalue weighted by molar-refractivity contribution is 6.61. The number of rotatable bonds is 24. The van der Waals surface area contributed by atoms with Crippen molar-refractivity contribution in [2.24, 2.45) is 0 Å². The fraction of sp³-hybridized carbons (Fsp3) is 0.500. The van der Waals surface area contributed by atoms with Crippen molar-refractivity contribution in [2.45, 2.75) is 56.7 Å². The molecule has 0 spiro atoms. The Balaban J connectivity index is 1.80. The van der Waals surface area contributed by atoms with Gasteiger partial charge < -0.3 is 44.7 Å². The second kappa shape index (κ2) is 20.6. The number of hydrogen-bond donors (Lipinski definition) is 0. The Morgan fingerprint density at radius 3 is 0.735 bits per heavy atom. The van der Waals surface area contributed by atoms with Crippen LogP contribution in [0.5, 0.6) is 0 Å². The van der Waals surface area contributed by atoms with Gasteiger partial charge >= 0.3 is 26.4 Å². The van der Waals surface area contributed by atoms with Gasteiger partial charge in [-0.2, -0.15) is 0 Å². The minimum atomic E-state index is -2.59. The molecule has 272 valence electrons. The molecule has 3 aromatic rings. The van der Waals surface area contributed by atoms with Crippen molar-refractivity contribution in [2.75, 3.05) is 68.9 Å². The van der Waals surface area contributed by atoms with Gasteiger partial charge in [0.1, 0.15) is 0 Å². The van der Waals surface area contributed by atoms with Crippen molar-refractivity contribution in [3.63, 3.8) is 0 Å². The molecule has 0 N–H and O–H groups in total. The third-order valence-electron chi connectivity index (χ3n) is 9.23. The van der Waals surface area contributed by atoms with Crippen LogP contribution in [0.25, 0.3) is 0 Å². The highest BCUT2D eigenvalue weighted by Gasteiger charge is 2.38. The molecule has 10 nitrogen and oxygen atoms in total. The molecule has 0 unspecified atom stereocenters. The standard InChI is InChI=1S/C36H57NO9Si3/c1-38-47(39-2,40-3)28-10-13-31-16-22-34(23-17-31)37(35-24-18-32(19-25-35)14-11-29-48(41-4,42-5)43-6)36-26-20-33(21-27-36)15-12-30-49(44-7,45-8)46-9/h16-27H,10-15,28-30H2,1-9H3. The molecule has 0 saturated carbocycles.